The van der Waals surface area contributed by atoms with Crippen LogP contribution in [-0.2, 0) is 18.0 Å². The second-order valence-electron chi connectivity index (χ2n) is 10.6. The molecule has 0 radical (unpaired) electrons. The third-order valence-corrected chi connectivity index (χ3v) is 8.06. The van der Waals surface area contributed by atoms with Gasteiger partial charge >= 0.3 is 6.18 Å². The molecule has 1 unspecified atom stereocenters. The van der Waals surface area contributed by atoms with Crippen molar-refractivity contribution in [2.45, 2.75) is 37.9 Å². The minimum absolute atomic E-state index is 0.0158. The quantitative estimate of drug-likeness (QED) is 0.553. The van der Waals surface area contributed by atoms with Crippen LogP contribution in [0.4, 0.5) is 19.0 Å². The van der Waals surface area contributed by atoms with Crippen LogP contribution in [0.1, 0.15) is 31.2 Å². The van der Waals surface area contributed by atoms with Crippen LogP contribution >= 0.6 is 0 Å². The number of nitrogens with zero attached hydrogens (tertiary/aromatic N) is 5. The zero-order chi connectivity index (χ0) is 24.9. The molecule has 6 rings (SSSR count). The summed E-state index contributed by atoms with van der Waals surface area (Å²) in [6.45, 7) is 5.29. The predicted molar refractivity (Wildman–Crippen MR) is 130 cm³/mol. The van der Waals surface area contributed by atoms with Crippen molar-refractivity contribution in [2.24, 2.45) is 24.8 Å². The zero-order valence-electron chi connectivity index (χ0n) is 20.3. The van der Waals surface area contributed by atoms with Crippen LogP contribution in [0.15, 0.2) is 30.5 Å². The van der Waals surface area contributed by atoms with Gasteiger partial charge < -0.3 is 15.0 Å². The molecule has 1 N–H and O–H groups in total. The van der Waals surface area contributed by atoms with Gasteiger partial charge in [-0.2, -0.15) is 18.3 Å². The number of alkyl halides is 3. The number of likely N-dealkylation sites (tertiary alicyclic amines) is 1. The van der Waals surface area contributed by atoms with Gasteiger partial charge in [0, 0.05) is 63.1 Å². The lowest BCUT2D eigenvalue weighted by Gasteiger charge is -2.27. The van der Waals surface area contributed by atoms with Crippen molar-refractivity contribution < 1.29 is 17.9 Å². The number of nitrogens with one attached hydrogen (secondary N) is 1. The van der Waals surface area contributed by atoms with E-state index in [1.165, 1.54) is 36.3 Å². The van der Waals surface area contributed by atoms with E-state index in [1.807, 2.05) is 0 Å². The smallest absolute Gasteiger partial charge is 0.381 e. The largest absolute Gasteiger partial charge is 0.417 e. The van der Waals surface area contributed by atoms with Gasteiger partial charge in [-0.25, -0.2) is 0 Å². The van der Waals surface area contributed by atoms with E-state index in [4.69, 9.17) is 4.74 Å². The molecule has 0 amide bonds. The Hall–Kier alpha value is -2.72. The van der Waals surface area contributed by atoms with Crippen LogP contribution in [0.3, 0.4) is 0 Å². The predicted octanol–water partition coefficient (Wildman–Crippen LogP) is 4.60. The Bertz CT molecular complexity index is 1210. The molecule has 10 heteroatoms. The first kappa shape index (κ1) is 23.7. The molecular weight excluding hydrogens is 469 g/mol. The first-order chi connectivity index (χ1) is 17.3. The average molecular weight is 501 g/mol. The molecule has 0 spiro atoms. The van der Waals surface area contributed by atoms with E-state index in [1.54, 1.807) is 25.2 Å². The summed E-state index contributed by atoms with van der Waals surface area (Å²) in [4.78, 5) is 2.63. The summed E-state index contributed by atoms with van der Waals surface area (Å²) in [6.07, 6.45) is 1.39. The molecule has 1 saturated carbocycles. The van der Waals surface area contributed by atoms with E-state index in [0.29, 0.717) is 29.2 Å². The van der Waals surface area contributed by atoms with Crippen molar-refractivity contribution in [2.75, 3.05) is 38.2 Å². The average Bonchev–Trinajstić information content (AvgIpc) is 3.50. The number of hydrogen-bond acceptors (Lipinski definition) is 6. The highest BCUT2D eigenvalue weighted by atomic mass is 19.4. The molecule has 2 aliphatic heterocycles. The molecule has 3 aromatic rings. The molecule has 3 fully saturated rings. The van der Waals surface area contributed by atoms with Crippen molar-refractivity contribution in [1.29, 1.82) is 0 Å². The van der Waals surface area contributed by atoms with E-state index in [9.17, 15) is 13.2 Å². The first-order valence-electron chi connectivity index (χ1n) is 12.8. The molecule has 4 heterocycles. The summed E-state index contributed by atoms with van der Waals surface area (Å²) < 4.78 is 48.8. The lowest BCUT2D eigenvalue weighted by atomic mass is 10.00. The maximum Gasteiger partial charge on any atom is 0.417 e. The van der Waals surface area contributed by atoms with Crippen molar-refractivity contribution >= 4 is 16.7 Å². The molecule has 2 saturated heterocycles. The fourth-order valence-electron chi connectivity index (χ4n) is 6.45. The van der Waals surface area contributed by atoms with E-state index >= 15 is 0 Å². The van der Waals surface area contributed by atoms with Crippen LogP contribution in [0, 0.1) is 17.8 Å². The van der Waals surface area contributed by atoms with Crippen molar-refractivity contribution in [3.05, 3.63) is 36.0 Å². The van der Waals surface area contributed by atoms with Gasteiger partial charge in [0.1, 0.15) is 5.82 Å². The second kappa shape index (κ2) is 9.30. The number of aromatic nitrogens is 4. The maximum absolute atomic E-state index is 14.0. The number of fused-ring (bicyclic) bond motifs is 2. The number of hydrogen-bond donors (Lipinski definition) is 1. The fourth-order valence-corrected chi connectivity index (χ4v) is 6.45. The molecule has 0 bridgehead atoms. The number of rotatable bonds is 5. The standard InChI is InChI=1S/C26H31F3N6O/c1-34-15-21-23(33-34)3-2-20(25(21)26(27,28)29)22-4-5-24(32-31-22)30-19-10-17-13-35(14-18(17)11-19)12-16-6-8-36-9-7-16/h2-5,15-19H,6-14H2,1H3,(H,30,32)/t17-,18+,19?. The van der Waals surface area contributed by atoms with Gasteiger partial charge in [-0.15, -0.1) is 10.2 Å². The Balaban J connectivity index is 1.11. The lowest BCUT2D eigenvalue weighted by molar-refractivity contribution is -0.135. The van der Waals surface area contributed by atoms with Crippen LogP contribution in [0.25, 0.3) is 22.2 Å². The van der Waals surface area contributed by atoms with Gasteiger partial charge in [0.05, 0.1) is 16.8 Å². The summed E-state index contributed by atoms with van der Waals surface area (Å²) in [5.74, 6) is 2.75. The molecular formula is C26H31F3N6O. The normalized spacial score (nSPS) is 25.5. The van der Waals surface area contributed by atoms with Gasteiger partial charge in [0.15, 0.2) is 0 Å². The third-order valence-electron chi connectivity index (χ3n) is 8.06. The molecule has 36 heavy (non-hydrogen) atoms. The van der Waals surface area contributed by atoms with Gasteiger partial charge in [-0.05, 0) is 67.7 Å². The van der Waals surface area contributed by atoms with E-state index in [-0.39, 0.29) is 16.6 Å². The maximum atomic E-state index is 14.0. The Morgan fingerprint density at radius 1 is 1.03 bits per heavy atom. The number of halogens is 3. The summed E-state index contributed by atoms with van der Waals surface area (Å²) in [5.41, 5.74) is -0.206. The van der Waals surface area contributed by atoms with Gasteiger partial charge in [0.2, 0.25) is 0 Å². The highest BCUT2D eigenvalue weighted by Crippen LogP contribution is 2.42. The number of anilines is 1. The lowest BCUT2D eigenvalue weighted by Crippen LogP contribution is -2.32. The topological polar surface area (TPSA) is 68.1 Å². The van der Waals surface area contributed by atoms with Crippen molar-refractivity contribution in [1.82, 2.24) is 24.9 Å². The molecule has 7 nitrogen and oxygen atoms in total. The monoisotopic (exact) mass is 500 g/mol. The van der Waals surface area contributed by atoms with Gasteiger partial charge in [0.25, 0.3) is 0 Å². The van der Waals surface area contributed by atoms with Crippen molar-refractivity contribution in [3.63, 3.8) is 0 Å². The van der Waals surface area contributed by atoms with Crippen LogP contribution < -0.4 is 5.32 Å². The molecule has 3 atom stereocenters. The fraction of sp³-hybridized carbons (Fsp3) is 0.577. The molecule has 3 aliphatic rings. The zero-order valence-corrected chi connectivity index (χ0v) is 20.3. The summed E-state index contributed by atoms with van der Waals surface area (Å²) in [7, 11) is 1.61. The molecule has 1 aromatic carbocycles. The minimum Gasteiger partial charge on any atom is -0.381 e. The molecule has 192 valence electrons. The van der Waals surface area contributed by atoms with E-state index in [0.717, 1.165) is 45.1 Å². The summed E-state index contributed by atoms with van der Waals surface area (Å²) in [6, 6.07) is 6.70. The SMILES string of the molecule is Cn1cc2c(C(F)(F)F)c(-c3ccc(NC4C[C@@H]5CN(CC6CCOCC6)C[C@@H]5C4)nn3)ccc2n1. The van der Waals surface area contributed by atoms with Crippen LogP contribution in [0.5, 0.6) is 0 Å². The molecule has 2 aromatic heterocycles. The highest BCUT2D eigenvalue weighted by molar-refractivity contribution is 5.89. The van der Waals surface area contributed by atoms with Gasteiger partial charge in [-0.1, -0.05) is 0 Å². The third kappa shape index (κ3) is 4.68. The summed E-state index contributed by atoms with van der Waals surface area (Å²) in [5, 5.41) is 16.1. The van der Waals surface area contributed by atoms with Crippen LogP contribution in [-0.4, -0.2) is 63.8 Å². The van der Waals surface area contributed by atoms with E-state index < -0.39 is 11.7 Å². The van der Waals surface area contributed by atoms with Crippen LogP contribution in [0.2, 0.25) is 0 Å². The highest BCUT2D eigenvalue weighted by Gasteiger charge is 2.41. The second-order valence-corrected chi connectivity index (χ2v) is 10.6. The number of benzene rings is 1. The number of ether oxygens (including phenoxy) is 1. The first-order valence-corrected chi connectivity index (χ1v) is 12.8. The summed E-state index contributed by atoms with van der Waals surface area (Å²) >= 11 is 0. The van der Waals surface area contributed by atoms with Gasteiger partial charge in [-0.3, -0.25) is 4.68 Å². The Morgan fingerprint density at radius 3 is 2.44 bits per heavy atom. The Labute approximate surface area is 208 Å². The van der Waals surface area contributed by atoms with Crippen molar-refractivity contribution in [3.8, 4) is 11.3 Å². The number of aryl methyl sites for hydroxylation is 1. The Morgan fingerprint density at radius 2 is 1.78 bits per heavy atom. The molecule has 1 aliphatic carbocycles. The van der Waals surface area contributed by atoms with E-state index in [2.05, 4.69) is 25.5 Å². The minimum atomic E-state index is -4.53. The Kier molecular flexibility index (Phi) is 6.11.